The van der Waals surface area contributed by atoms with Crippen LogP contribution in [-0.4, -0.2) is 74.7 Å². The van der Waals surface area contributed by atoms with Gasteiger partial charge in [0.05, 0.1) is 19.5 Å². The van der Waals surface area contributed by atoms with E-state index in [0.29, 0.717) is 12.4 Å². The molecule has 1 amide bonds. The van der Waals surface area contributed by atoms with E-state index in [9.17, 15) is 20.1 Å². The number of nitrogens with zero attached hydrogens (tertiary/aromatic N) is 4. The third kappa shape index (κ3) is 1.72. The predicted octanol–water partition coefficient (Wildman–Crippen LogP) is -2.59. The van der Waals surface area contributed by atoms with Gasteiger partial charge in [0, 0.05) is 6.21 Å². The second-order valence-corrected chi connectivity index (χ2v) is 5.38. The fraction of sp³-hybridized carbons (Fsp3) is 0.583. The van der Waals surface area contributed by atoms with Gasteiger partial charge >= 0.3 is 0 Å². The van der Waals surface area contributed by atoms with Gasteiger partial charge in [-0.3, -0.25) is 14.4 Å². The monoisotopic (exact) mass is 309 g/mol. The molecule has 5 atom stereocenters. The maximum Gasteiger partial charge on any atom is 0.276 e. The summed E-state index contributed by atoms with van der Waals surface area (Å²) < 4.78 is 7.00. The highest BCUT2D eigenvalue weighted by molar-refractivity contribution is 6.00. The van der Waals surface area contributed by atoms with Crippen molar-refractivity contribution < 1.29 is 24.9 Å². The van der Waals surface area contributed by atoms with Crippen LogP contribution in [0.1, 0.15) is 16.7 Å². The van der Waals surface area contributed by atoms with Crippen LogP contribution in [0.2, 0.25) is 0 Å². The van der Waals surface area contributed by atoms with Crippen LogP contribution in [0.15, 0.2) is 11.3 Å². The number of nitrogens with one attached hydrogen (secondary N) is 1. The summed E-state index contributed by atoms with van der Waals surface area (Å²) in [6.07, 6.45) is -1.72. The Hall–Kier alpha value is -2.01. The number of amides is 1. The topological polar surface area (TPSA) is 132 Å². The number of ether oxygens (including phenoxy) is 1. The van der Waals surface area contributed by atoms with Crippen molar-refractivity contribution in [3.8, 4) is 0 Å². The molecule has 118 valence electrons. The molecule has 10 heteroatoms. The Kier molecular flexibility index (Phi) is 2.94. The summed E-state index contributed by atoms with van der Waals surface area (Å²) in [6.45, 7) is 0.0694. The molecule has 10 nitrogen and oxygen atoms in total. The van der Waals surface area contributed by atoms with Gasteiger partial charge in [0.15, 0.2) is 18.2 Å². The minimum Gasteiger partial charge on any atom is -0.394 e. The van der Waals surface area contributed by atoms with E-state index in [1.807, 2.05) is 0 Å². The molecular formula is C12H15N5O5. The average molecular weight is 309 g/mol. The van der Waals surface area contributed by atoms with Crippen LogP contribution in [0.25, 0.3) is 0 Å². The molecule has 4 N–H and O–H groups in total. The van der Waals surface area contributed by atoms with Crippen molar-refractivity contribution in [3.63, 3.8) is 0 Å². The van der Waals surface area contributed by atoms with Gasteiger partial charge in [0.25, 0.3) is 5.91 Å². The summed E-state index contributed by atoms with van der Waals surface area (Å²) in [5.74, 6) is 0.113. The lowest BCUT2D eigenvalue weighted by molar-refractivity contribution is -0.0522. The number of hydrogen-bond donors (Lipinski definition) is 4. The second-order valence-electron chi connectivity index (χ2n) is 5.38. The minimum atomic E-state index is -1.23. The van der Waals surface area contributed by atoms with Gasteiger partial charge in [0.1, 0.15) is 24.1 Å². The fourth-order valence-electron chi connectivity index (χ4n) is 3.01. The standard InChI is InChI=1S/C12H15N5O5/c18-3-5-7(19)8(20)11(22-5)17-4-14-6-9(21)15-12-13-1-2-16(12)10(6)17/h1,4-5,7-8,11-12,18-20H,2-3H2,(H,15,21)/t5-,7-,8-,11-,12?/m1/s1. The molecular weight excluding hydrogens is 294 g/mol. The SMILES string of the molecule is O=C1NC2N=CCN2c2c1ncn2[C@@H]1O[C@H](CO)[C@@H](O)[C@H]1O. The van der Waals surface area contributed by atoms with Gasteiger partial charge < -0.3 is 30.3 Å². The number of aliphatic imine (C=N–C) groups is 1. The van der Waals surface area contributed by atoms with E-state index in [0.717, 1.165) is 0 Å². The number of carbonyl (C=O) groups is 1. The minimum absolute atomic E-state index is 0.208. The molecule has 4 rings (SSSR count). The van der Waals surface area contributed by atoms with Gasteiger partial charge in [-0.15, -0.1) is 0 Å². The molecule has 1 fully saturated rings. The van der Waals surface area contributed by atoms with Gasteiger partial charge in [-0.1, -0.05) is 0 Å². The van der Waals surface area contributed by atoms with Crippen molar-refractivity contribution in [2.45, 2.75) is 30.8 Å². The first-order valence-electron chi connectivity index (χ1n) is 6.90. The molecule has 4 heterocycles. The van der Waals surface area contributed by atoms with E-state index in [1.54, 1.807) is 11.1 Å². The molecule has 0 aliphatic carbocycles. The number of imidazole rings is 1. The maximum absolute atomic E-state index is 12.0. The van der Waals surface area contributed by atoms with Crippen LogP contribution in [-0.2, 0) is 4.74 Å². The van der Waals surface area contributed by atoms with E-state index in [2.05, 4.69) is 15.3 Å². The van der Waals surface area contributed by atoms with Crippen LogP contribution in [0.3, 0.4) is 0 Å². The molecule has 22 heavy (non-hydrogen) atoms. The molecule has 0 saturated carbocycles. The summed E-state index contributed by atoms with van der Waals surface area (Å²) in [7, 11) is 0. The zero-order chi connectivity index (χ0) is 15.4. The van der Waals surface area contributed by atoms with Crippen LogP contribution in [0, 0.1) is 0 Å². The van der Waals surface area contributed by atoms with Crippen LogP contribution in [0.4, 0.5) is 5.82 Å². The zero-order valence-corrected chi connectivity index (χ0v) is 11.4. The first kappa shape index (κ1) is 13.6. The Bertz CT molecular complexity index is 646. The quantitative estimate of drug-likeness (QED) is 0.471. The van der Waals surface area contributed by atoms with Crippen LogP contribution >= 0.6 is 0 Å². The number of carbonyl (C=O) groups excluding carboxylic acids is 1. The first-order chi connectivity index (χ1) is 10.6. The number of aliphatic hydroxyl groups is 3. The second kappa shape index (κ2) is 4.74. The van der Waals surface area contributed by atoms with E-state index >= 15 is 0 Å². The number of aromatic nitrogens is 2. The molecule has 3 aliphatic rings. The highest BCUT2D eigenvalue weighted by atomic mass is 16.6. The van der Waals surface area contributed by atoms with Crippen molar-refractivity contribution in [2.75, 3.05) is 18.1 Å². The fourth-order valence-corrected chi connectivity index (χ4v) is 3.01. The number of fused-ring (bicyclic) bond motifs is 3. The van der Waals surface area contributed by atoms with Crippen molar-refractivity contribution in [2.24, 2.45) is 4.99 Å². The Morgan fingerprint density at radius 1 is 1.41 bits per heavy atom. The Morgan fingerprint density at radius 2 is 2.23 bits per heavy atom. The summed E-state index contributed by atoms with van der Waals surface area (Å²) in [5.41, 5.74) is 0.208. The van der Waals surface area contributed by atoms with Crippen LogP contribution in [0.5, 0.6) is 0 Å². The van der Waals surface area contributed by atoms with Crippen molar-refractivity contribution >= 4 is 17.9 Å². The first-order valence-corrected chi connectivity index (χ1v) is 6.90. The van der Waals surface area contributed by atoms with Crippen molar-refractivity contribution in [3.05, 3.63) is 12.0 Å². The summed E-state index contributed by atoms with van der Waals surface area (Å²) in [5, 5.41) is 31.9. The third-order valence-electron chi connectivity index (χ3n) is 4.13. The number of rotatable bonds is 2. The largest absolute Gasteiger partial charge is 0.394 e. The van der Waals surface area contributed by atoms with Gasteiger partial charge in [-0.05, 0) is 0 Å². The molecule has 0 bridgehead atoms. The smallest absolute Gasteiger partial charge is 0.276 e. The van der Waals surface area contributed by atoms with Gasteiger partial charge in [0.2, 0.25) is 0 Å². The lowest BCUT2D eigenvalue weighted by Crippen LogP contribution is -2.50. The Morgan fingerprint density at radius 3 is 2.95 bits per heavy atom. The van der Waals surface area contributed by atoms with E-state index in [1.165, 1.54) is 10.9 Å². The maximum atomic E-state index is 12.0. The Labute approximate surface area is 124 Å². The lowest BCUT2D eigenvalue weighted by Gasteiger charge is -2.32. The normalized spacial score (nSPS) is 36.4. The number of anilines is 1. The number of aliphatic hydroxyl groups excluding tert-OH is 3. The highest BCUT2D eigenvalue weighted by Crippen LogP contribution is 2.36. The summed E-state index contributed by atoms with van der Waals surface area (Å²) >= 11 is 0. The molecule has 1 unspecified atom stereocenters. The average Bonchev–Trinajstić information content (AvgIpc) is 3.18. The van der Waals surface area contributed by atoms with Crippen molar-refractivity contribution in [1.82, 2.24) is 14.9 Å². The molecule has 1 aromatic heterocycles. The Balaban J connectivity index is 1.75. The molecule has 3 aliphatic heterocycles. The van der Waals surface area contributed by atoms with Gasteiger partial charge in [-0.25, -0.2) is 4.98 Å². The summed E-state index contributed by atoms with van der Waals surface area (Å²) in [4.78, 5) is 22.1. The van der Waals surface area contributed by atoms with E-state index in [-0.39, 0.29) is 11.6 Å². The van der Waals surface area contributed by atoms with E-state index in [4.69, 9.17) is 4.74 Å². The number of hydrogen-bond acceptors (Lipinski definition) is 8. The predicted molar refractivity (Wildman–Crippen MR) is 72.3 cm³/mol. The molecule has 0 aromatic carbocycles. The zero-order valence-electron chi connectivity index (χ0n) is 11.4. The molecule has 1 aromatic rings. The molecule has 0 spiro atoms. The molecule has 1 saturated heterocycles. The highest BCUT2D eigenvalue weighted by Gasteiger charge is 2.46. The van der Waals surface area contributed by atoms with Crippen molar-refractivity contribution in [1.29, 1.82) is 0 Å². The van der Waals surface area contributed by atoms with Crippen LogP contribution < -0.4 is 10.2 Å². The van der Waals surface area contributed by atoms with Gasteiger partial charge in [-0.2, -0.15) is 0 Å². The lowest BCUT2D eigenvalue weighted by atomic mass is 10.1. The molecule has 0 radical (unpaired) electrons. The summed E-state index contributed by atoms with van der Waals surface area (Å²) in [6, 6.07) is 0. The third-order valence-corrected chi connectivity index (χ3v) is 4.13. The van der Waals surface area contributed by atoms with E-state index < -0.39 is 37.4 Å².